The molecule has 2 rings (SSSR count). The van der Waals surface area contributed by atoms with Crippen LogP contribution in [-0.2, 0) is 14.6 Å². The van der Waals surface area contributed by atoms with E-state index in [1.807, 2.05) is 0 Å². The van der Waals surface area contributed by atoms with Gasteiger partial charge in [-0.05, 0) is 12.1 Å². The Morgan fingerprint density at radius 1 is 1.29 bits per heavy atom. The monoisotopic (exact) mass is 258 g/mol. The highest BCUT2D eigenvalue weighted by molar-refractivity contribution is 7.91. The zero-order valence-electron chi connectivity index (χ0n) is 8.75. The number of benzene rings is 1. The molecule has 0 radical (unpaired) electrons. The number of fused-ring (bicyclic) bond motifs is 1. The Kier molecular flexibility index (Phi) is 2.93. The van der Waals surface area contributed by atoms with E-state index in [1.54, 1.807) is 0 Å². The van der Waals surface area contributed by atoms with Crippen LogP contribution in [0.2, 0.25) is 0 Å². The predicted octanol–water partition coefficient (Wildman–Crippen LogP) is 0.664. The van der Waals surface area contributed by atoms with Crippen molar-refractivity contribution in [3.8, 4) is 11.5 Å². The van der Waals surface area contributed by atoms with Gasteiger partial charge in [0, 0.05) is 6.07 Å². The highest BCUT2D eigenvalue weighted by Crippen LogP contribution is 2.34. The van der Waals surface area contributed by atoms with Gasteiger partial charge in [0.25, 0.3) is 0 Å². The standard InChI is InChI=1S/C10H10O6S/c11-10(12)3-4-17(13,14)7-1-2-8-9(5-7)16-6-15-8/h1-2,5H,3-4,6H2,(H,11,12). The Bertz CT molecular complexity index is 548. The molecule has 1 aliphatic heterocycles. The number of carboxylic acid groups (broad SMARTS) is 1. The first-order valence-corrected chi connectivity index (χ1v) is 6.48. The van der Waals surface area contributed by atoms with Crippen LogP contribution in [0.25, 0.3) is 0 Å². The van der Waals surface area contributed by atoms with Crippen LogP contribution < -0.4 is 9.47 Å². The zero-order valence-corrected chi connectivity index (χ0v) is 9.57. The van der Waals surface area contributed by atoms with Crippen LogP contribution in [0.1, 0.15) is 6.42 Å². The number of ether oxygens (including phenoxy) is 2. The Morgan fingerprint density at radius 3 is 2.71 bits per heavy atom. The Morgan fingerprint density at radius 2 is 2.00 bits per heavy atom. The van der Waals surface area contributed by atoms with Crippen molar-refractivity contribution in [2.45, 2.75) is 11.3 Å². The number of aliphatic carboxylic acids is 1. The van der Waals surface area contributed by atoms with Gasteiger partial charge >= 0.3 is 5.97 Å². The lowest BCUT2D eigenvalue weighted by molar-refractivity contribution is -0.136. The molecule has 0 atom stereocenters. The predicted molar refractivity (Wildman–Crippen MR) is 56.9 cm³/mol. The van der Waals surface area contributed by atoms with Crippen molar-refractivity contribution in [2.24, 2.45) is 0 Å². The summed E-state index contributed by atoms with van der Waals surface area (Å²) in [6, 6.07) is 4.22. The van der Waals surface area contributed by atoms with Gasteiger partial charge in [0.1, 0.15) is 0 Å². The third-order valence-corrected chi connectivity index (χ3v) is 4.00. The van der Waals surface area contributed by atoms with Crippen LogP contribution in [-0.4, -0.2) is 32.0 Å². The second-order valence-corrected chi connectivity index (χ2v) is 5.59. The molecule has 0 saturated carbocycles. The smallest absolute Gasteiger partial charge is 0.304 e. The molecule has 7 heteroatoms. The summed E-state index contributed by atoms with van der Waals surface area (Å²) >= 11 is 0. The molecule has 1 aromatic carbocycles. The van der Waals surface area contributed by atoms with Crippen molar-refractivity contribution in [2.75, 3.05) is 12.5 Å². The summed E-state index contributed by atoms with van der Waals surface area (Å²) in [6.45, 7) is 0.0635. The maximum absolute atomic E-state index is 11.8. The zero-order chi connectivity index (χ0) is 12.5. The first-order valence-electron chi connectivity index (χ1n) is 4.83. The van der Waals surface area contributed by atoms with Crippen LogP contribution in [0, 0.1) is 0 Å². The minimum absolute atomic E-state index is 0.0444. The molecule has 0 amide bonds. The summed E-state index contributed by atoms with van der Waals surface area (Å²) in [5, 5.41) is 8.47. The van der Waals surface area contributed by atoms with Crippen molar-refractivity contribution >= 4 is 15.8 Å². The van der Waals surface area contributed by atoms with E-state index in [4.69, 9.17) is 14.6 Å². The normalized spacial score (nSPS) is 13.6. The Hall–Kier alpha value is -1.76. The first-order chi connectivity index (χ1) is 7.99. The molecule has 0 aliphatic carbocycles. The van der Waals surface area contributed by atoms with E-state index in [1.165, 1.54) is 18.2 Å². The van der Waals surface area contributed by atoms with E-state index >= 15 is 0 Å². The van der Waals surface area contributed by atoms with Gasteiger partial charge in [-0.25, -0.2) is 8.42 Å². The molecule has 92 valence electrons. The van der Waals surface area contributed by atoms with E-state index in [0.29, 0.717) is 11.5 Å². The molecule has 0 unspecified atom stereocenters. The van der Waals surface area contributed by atoms with Crippen molar-refractivity contribution in [3.05, 3.63) is 18.2 Å². The molecule has 0 bridgehead atoms. The number of carboxylic acids is 1. The minimum atomic E-state index is -3.59. The Balaban J connectivity index is 2.24. The molecule has 0 aromatic heterocycles. The van der Waals surface area contributed by atoms with Crippen molar-refractivity contribution in [1.29, 1.82) is 0 Å². The van der Waals surface area contributed by atoms with E-state index in [2.05, 4.69) is 0 Å². The van der Waals surface area contributed by atoms with E-state index in [0.717, 1.165) is 0 Å². The van der Waals surface area contributed by atoms with E-state index < -0.39 is 28.0 Å². The van der Waals surface area contributed by atoms with Gasteiger partial charge < -0.3 is 14.6 Å². The molecule has 0 saturated heterocycles. The average molecular weight is 258 g/mol. The minimum Gasteiger partial charge on any atom is -0.481 e. The fourth-order valence-electron chi connectivity index (χ4n) is 1.41. The van der Waals surface area contributed by atoms with Gasteiger partial charge in [-0.3, -0.25) is 4.79 Å². The van der Waals surface area contributed by atoms with Gasteiger partial charge in [-0.2, -0.15) is 0 Å². The maximum Gasteiger partial charge on any atom is 0.304 e. The van der Waals surface area contributed by atoms with Crippen molar-refractivity contribution in [3.63, 3.8) is 0 Å². The Labute approximate surface area is 97.7 Å². The second kappa shape index (κ2) is 4.25. The van der Waals surface area contributed by atoms with Crippen LogP contribution >= 0.6 is 0 Å². The van der Waals surface area contributed by atoms with Crippen LogP contribution in [0.3, 0.4) is 0 Å². The molecular formula is C10H10O6S. The van der Waals surface area contributed by atoms with Crippen LogP contribution in [0.4, 0.5) is 0 Å². The van der Waals surface area contributed by atoms with Gasteiger partial charge in [-0.1, -0.05) is 0 Å². The third-order valence-electron chi connectivity index (χ3n) is 2.29. The highest BCUT2D eigenvalue weighted by Gasteiger charge is 2.20. The summed E-state index contributed by atoms with van der Waals surface area (Å²) < 4.78 is 33.7. The molecule has 6 nitrogen and oxygen atoms in total. The first kappa shape index (κ1) is 11.7. The molecule has 1 aliphatic rings. The summed E-state index contributed by atoms with van der Waals surface area (Å²) in [6.07, 6.45) is -0.420. The number of rotatable bonds is 4. The third kappa shape index (κ3) is 2.50. The van der Waals surface area contributed by atoms with Gasteiger partial charge in [0.2, 0.25) is 6.79 Å². The summed E-state index contributed by atoms with van der Waals surface area (Å²) in [4.78, 5) is 10.4. The van der Waals surface area contributed by atoms with E-state index in [-0.39, 0.29) is 11.7 Å². The summed E-state index contributed by atoms with van der Waals surface area (Å²) in [7, 11) is -3.59. The summed E-state index contributed by atoms with van der Waals surface area (Å²) in [5.41, 5.74) is 0. The largest absolute Gasteiger partial charge is 0.481 e. The topological polar surface area (TPSA) is 89.9 Å². The molecule has 17 heavy (non-hydrogen) atoms. The summed E-state index contributed by atoms with van der Waals surface area (Å²) in [5.74, 6) is -0.722. The number of hydrogen-bond acceptors (Lipinski definition) is 5. The van der Waals surface area contributed by atoms with Crippen molar-refractivity contribution < 1.29 is 27.8 Å². The SMILES string of the molecule is O=C(O)CCS(=O)(=O)c1ccc2c(c1)OCO2. The van der Waals surface area contributed by atoms with Gasteiger partial charge in [0.15, 0.2) is 21.3 Å². The molecule has 0 spiro atoms. The lowest BCUT2D eigenvalue weighted by Gasteiger charge is -2.03. The van der Waals surface area contributed by atoms with Gasteiger partial charge in [0.05, 0.1) is 17.1 Å². The molecule has 1 N–H and O–H groups in total. The van der Waals surface area contributed by atoms with Crippen molar-refractivity contribution in [1.82, 2.24) is 0 Å². The fourth-order valence-corrected chi connectivity index (χ4v) is 2.65. The number of hydrogen-bond donors (Lipinski definition) is 1. The highest BCUT2D eigenvalue weighted by atomic mass is 32.2. The van der Waals surface area contributed by atoms with Crippen LogP contribution in [0.15, 0.2) is 23.1 Å². The molecule has 1 heterocycles. The lowest BCUT2D eigenvalue weighted by atomic mass is 10.3. The fraction of sp³-hybridized carbons (Fsp3) is 0.300. The lowest BCUT2D eigenvalue weighted by Crippen LogP contribution is -2.10. The number of carbonyl (C=O) groups is 1. The maximum atomic E-state index is 11.8. The molecular weight excluding hydrogens is 248 g/mol. The molecule has 1 aromatic rings. The average Bonchev–Trinajstić information content (AvgIpc) is 2.73. The van der Waals surface area contributed by atoms with E-state index in [9.17, 15) is 13.2 Å². The van der Waals surface area contributed by atoms with Gasteiger partial charge in [-0.15, -0.1) is 0 Å². The van der Waals surface area contributed by atoms with Crippen LogP contribution in [0.5, 0.6) is 11.5 Å². The quantitative estimate of drug-likeness (QED) is 0.853. The second-order valence-electron chi connectivity index (χ2n) is 3.48. The molecule has 0 fully saturated rings. The number of sulfone groups is 1.